The highest BCUT2D eigenvalue weighted by molar-refractivity contribution is 8.33. The van der Waals surface area contributed by atoms with E-state index >= 15 is 0 Å². The van der Waals surface area contributed by atoms with Gasteiger partial charge in [0.05, 0.1) is 5.69 Å². The van der Waals surface area contributed by atoms with Crippen molar-refractivity contribution in [3.8, 4) is 33.4 Å². The van der Waals surface area contributed by atoms with Gasteiger partial charge in [-0.1, -0.05) is 103 Å². The van der Waals surface area contributed by atoms with E-state index in [0.29, 0.717) is 0 Å². The molecule has 0 radical (unpaired) electrons. The topological polar surface area (TPSA) is 16.4 Å². The molecule has 1 aromatic heterocycles. The van der Waals surface area contributed by atoms with Gasteiger partial charge in [0.2, 0.25) is 0 Å². The van der Waals surface area contributed by atoms with Crippen molar-refractivity contribution < 1.29 is 4.42 Å². The van der Waals surface area contributed by atoms with Crippen molar-refractivity contribution in [1.29, 1.82) is 0 Å². The van der Waals surface area contributed by atoms with Crippen LogP contribution in [0.4, 0.5) is 17.1 Å². The number of rotatable bonds is 4. The second-order valence-corrected chi connectivity index (χ2v) is 22.4. The lowest BCUT2D eigenvalue weighted by Crippen LogP contribution is -2.13. The lowest BCUT2D eigenvalue weighted by Gasteiger charge is -2.36. The number of hydrogen-bond donors (Lipinski definition) is 0. The minimum absolute atomic E-state index is 0.945. The van der Waals surface area contributed by atoms with Crippen LogP contribution in [-0.2, 0) is 0 Å². The van der Waals surface area contributed by atoms with E-state index < -0.39 is 20.1 Å². The van der Waals surface area contributed by atoms with Crippen molar-refractivity contribution in [3.05, 3.63) is 164 Å². The van der Waals surface area contributed by atoms with Gasteiger partial charge >= 0.3 is 0 Å². The zero-order chi connectivity index (χ0) is 36.3. The molecule has 2 aliphatic rings. The van der Waals surface area contributed by atoms with E-state index in [1.54, 1.807) is 0 Å². The van der Waals surface area contributed by atoms with E-state index in [9.17, 15) is 0 Å². The van der Waals surface area contributed by atoms with Gasteiger partial charge in [0.1, 0.15) is 11.2 Å². The molecule has 0 saturated heterocycles. The van der Waals surface area contributed by atoms with Crippen molar-refractivity contribution in [2.75, 3.05) is 29.9 Å². The fraction of sp³-hybridized carbons (Fsp3) is 0.0800. The fourth-order valence-electron chi connectivity index (χ4n) is 9.16. The lowest BCUT2D eigenvalue weighted by molar-refractivity contribution is 0.669. The Hall–Kier alpha value is -5.68. The fourth-order valence-corrected chi connectivity index (χ4v) is 14.4. The number of fused-ring (bicyclic) bond motifs is 11. The van der Waals surface area contributed by atoms with Crippen molar-refractivity contribution in [2.45, 2.75) is 19.6 Å². The number of furan rings is 1. The minimum atomic E-state index is -1.35. The van der Waals surface area contributed by atoms with Crippen LogP contribution in [0, 0.1) is 0 Å². The van der Waals surface area contributed by atoms with Gasteiger partial charge in [0.25, 0.3) is 0 Å². The predicted molar refractivity (Wildman–Crippen MR) is 234 cm³/mol. The molecule has 3 heterocycles. The van der Waals surface area contributed by atoms with Crippen molar-refractivity contribution in [3.63, 3.8) is 0 Å². The Morgan fingerprint density at radius 2 is 1.19 bits per heavy atom. The molecular weight excluding hydrogens is 695 g/mol. The van der Waals surface area contributed by atoms with E-state index in [0.717, 1.165) is 16.9 Å². The Morgan fingerprint density at radius 3 is 2.09 bits per heavy atom. The van der Waals surface area contributed by atoms with E-state index in [2.05, 4.69) is 194 Å². The number of benzene rings is 8. The smallest absolute Gasteiger partial charge is 0.144 e. The first-order valence-corrected chi connectivity index (χ1v) is 23.4. The maximum absolute atomic E-state index is 6.65. The summed E-state index contributed by atoms with van der Waals surface area (Å²) >= 11 is 0. The van der Waals surface area contributed by atoms with Crippen LogP contribution in [0.1, 0.15) is 0 Å². The third-order valence-electron chi connectivity index (χ3n) is 11.8. The van der Waals surface area contributed by atoms with E-state index in [1.807, 2.05) is 0 Å². The van der Waals surface area contributed by atoms with Gasteiger partial charge in [-0.3, -0.25) is 0 Å². The van der Waals surface area contributed by atoms with E-state index in [-0.39, 0.29) is 0 Å². The van der Waals surface area contributed by atoms with Crippen LogP contribution in [-0.4, -0.2) is 25.0 Å². The van der Waals surface area contributed by atoms with Gasteiger partial charge in [0, 0.05) is 47.3 Å². The van der Waals surface area contributed by atoms with E-state index in [4.69, 9.17) is 4.42 Å². The van der Waals surface area contributed by atoms with Crippen LogP contribution in [0.3, 0.4) is 0 Å². The summed E-state index contributed by atoms with van der Waals surface area (Å²) in [6.45, 7) is 0. The summed E-state index contributed by atoms with van der Waals surface area (Å²) in [6, 6.07) is 60.8. The predicted octanol–water partition coefficient (Wildman–Crippen LogP) is 14.8. The largest absolute Gasteiger partial charge is 0.455 e. The highest BCUT2D eigenvalue weighted by atomic mass is 32.3. The molecule has 0 bridgehead atoms. The molecule has 9 aromatic rings. The highest BCUT2D eigenvalue weighted by Crippen LogP contribution is 2.72. The summed E-state index contributed by atoms with van der Waals surface area (Å²) in [4.78, 5) is 8.25. The van der Waals surface area contributed by atoms with Gasteiger partial charge in [-0.15, -0.1) is 0 Å². The Morgan fingerprint density at radius 1 is 0.444 bits per heavy atom. The van der Waals surface area contributed by atoms with Crippen LogP contribution in [0.15, 0.2) is 188 Å². The summed E-state index contributed by atoms with van der Waals surface area (Å²) < 4.78 is 6.65. The molecule has 0 aliphatic carbocycles. The Balaban J connectivity index is 1.14. The average Bonchev–Trinajstić information content (AvgIpc) is 3.78. The molecule has 54 heavy (non-hydrogen) atoms. The monoisotopic (exact) mass is 733 g/mol. The van der Waals surface area contributed by atoms with Crippen LogP contribution in [0.5, 0.6) is 0 Å². The van der Waals surface area contributed by atoms with Gasteiger partial charge in [-0.05, 0) is 124 Å². The molecule has 2 nitrogen and oxygen atoms in total. The third-order valence-corrected chi connectivity index (χ3v) is 17.5. The quantitative estimate of drug-likeness (QED) is 0.179. The maximum Gasteiger partial charge on any atom is 0.144 e. The maximum atomic E-state index is 6.65. The van der Waals surface area contributed by atoms with Crippen molar-refractivity contribution in [2.24, 2.45) is 0 Å². The molecule has 2 aliphatic heterocycles. The molecule has 4 heteroatoms. The highest BCUT2D eigenvalue weighted by Gasteiger charge is 2.38. The van der Waals surface area contributed by atoms with Crippen LogP contribution in [0.2, 0.25) is 0 Å². The summed E-state index contributed by atoms with van der Waals surface area (Å²) in [5.74, 6) is 0. The van der Waals surface area contributed by atoms with Crippen LogP contribution < -0.4 is 4.90 Å². The average molecular weight is 734 g/mol. The zero-order valence-corrected chi connectivity index (χ0v) is 32.4. The molecule has 0 amide bonds. The minimum Gasteiger partial charge on any atom is -0.455 e. The molecule has 11 rings (SSSR count). The van der Waals surface area contributed by atoms with Gasteiger partial charge in [0.15, 0.2) is 0 Å². The Bertz CT molecular complexity index is 3020. The molecular formula is C50H39NOS2. The lowest BCUT2D eigenvalue weighted by atomic mass is 9.99. The summed E-state index contributed by atoms with van der Waals surface area (Å²) in [5.41, 5.74) is 13.2. The molecule has 262 valence electrons. The number of para-hydroxylation sites is 1. The standard InChI is InChI=1S/C50H39NOS2/c1-53(2)46-28-27-40-38-17-7-9-21-44(38)52-49(40)48(46)42-26-25-37(31-47(42)53)51(43-20-12-19-41-39-18-8-10-22-45(39)54(3,4)50(41)43)36-16-11-15-34(30-36)35-24-23-32-13-5-6-14-33(32)29-35/h5-31H,1-4H3. The third kappa shape index (κ3) is 4.44. The zero-order valence-electron chi connectivity index (χ0n) is 30.8. The van der Waals surface area contributed by atoms with Gasteiger partial charge in [-0.2, -0.15) is 20.1 Å². The number of anilines is 3. The molecule has 0 saturated carbocycles. The first-order valence-electron chi connectivity index (χ1n) is 18.5. The van der Waals surface area contributed by atoms with Crippen LogP contribution in [0.25, 0.3) is 66.1 Å². The summed E-state index contributed by atoms with van der Waals surface area (Å²) in [6.07, 6.45) is 9.83. The second kappa shape index (κ2) is 11.4. The SMILES string of the molecule is CS1(C)c2cc(N(c3cccc(-c4ccc5ccccc5c4)c3)c3cccc4c3S(C)(C)c3ccccc3-4)ccc2-c2c1ccc1c2oc2ccccc21. The van der Waals surface area contributed by atoms with Crippen molar-refractivity contribution in [1.82, 2.24) is 0 Å². The normalized spacial score (nSPS) is 15.8. The van der Waals surface area contributed by atoms with Gasteiger partial charge in [-0.25, -0.2) is 0 Å². The molecule has 8 aromatic carbocycles. The molecule has 0 fully saturated rings. The summed E-state index contributed by atoms with van der Waals surface area (Å²) in [7, 11) is -2.65. The Labute approximate surface area is 319 Å². The number of nitrogens with zero attached hydrogens (tertiary/aromatic N) is 1. The van der Waals surface area contributed by atoms with E-state index in [1.165, 1.54) is 85.9 Å². The second-order valence-electron chi connectivity index (χ2n) is 15.3. The summed E-state index contributed by atoms with van der Waals surface area (Å²) in [5, 5.41) is 4.87. The molecule has 0 spiro atoms. The first kappa shape index (κ1) is 31.8. The Kier molecular flexibility index (Phi) is 6.72. The molecule has 0 atom stereocenters. The first-order chi connectivity index (χ1) is 26.3. The number of hydrogen-bond acceptors (Lipinski definition) is 2. The van der Waals surface area contributed by atoms with Gasteiger partial charge < -0.3 is 9.32 Å². The molecule has 0 N–H and O–H groups in total. The molecule has 0 unspecified atom stereocenters. The van der Waals surface area contributed by atoms with Crippen LogP contribution >= 0.6 is 20.1 Å². The van der Waals surface area contributed by atoms with Crippen molar-refractivity contribution >= 4 is 69.8 Å².